The van der Waals surface area contributed by atoms with E-state index < -0.39 is 11.2 Å². The summed E-state index contributed by atoms with van der Waals surface area (Å²) in [7, 11) is 0. The van der Waals surface area contributed by atoms with E-state index in [2.05, 4.69) is 9.97 Å². The molecule has 0 amide bonds. The van der Waals surface area contributed by atoms with Crippen molar-refractivity contribution in [3.05, 3.63) is 35.7 Å². The second-order valence-corrected chi connectivity index (χ2v) is 7.04. The van der Waals surface area contributed by atoms with Crippen molar-refractivity contribution in [2.45, 2.75) is 49.7 Å². The number of nitrogens with two attached hydrogens (primary N) is 2. The molecule has 2 saturated carbocycles. The molecule has 0 spiro atoms. The molecule has 4 rings (SSSR count). The van der Waals surface area contributed by atoms with Crippen LogP contribution in [0.1, 0.15) is 49.9 Å². The Morgan fingerprint density at radius 2 is 1.08 bits per heavy atom. The number of nitrogens with zero attached hydrogens (tertiary/aromatic N) is 2. The first-order valence-electron chi connectivity index (χ1n) is 8.40. The van der Waals surface area contributed by atoms with Gasteiger partial charge >= 0.3 is 0 Å². The largest absolute Gasteiger partial charge is 0.397 e. The van der Waals surface area contributed by atoms with Crippen LogP contribution in [0.2, 0.25) is 0 Å². The molecule has 0 unspecified atom stereocenters. The van der Waals surface area contributed by atoms with Crippen molar-refractivity contribution in [2.75, 3.05) is 11.5 Å². The second kappa shape index (κ2) is 5.16. The fraction of sp³-hybridized carbons (Fsp3) is 0.444. The van der Waals surface area contributed by atoms with Gasteiger partial charge in [-0.05, 0) is 62.8 Å². The second-order valence-electron chi connectivity index (χ2n) is 7.04. The number of hydrogen-bond donors (Lipinski definition) is 4. The normalized spacial score (nSPS) is 20.9. The van der Waals surface area contributed by atoms with Crippen molar-refractivity contribution in [1.29, 1.82) is 0 Å². The molecule has 126 valence electrons. The summed E-state index contributed by atoms with van der Waals surface area (Å²) in [6.45, 7) is 0. The van der Waals surface area contributed by atoms with E-state index in [1.807, 2.05) is 0 Å². The lowest BCUT2D eigenvalue weighted by molar-refractivity contribution is -0.0423. The Morgan fingerprint density at radius 3 is 1.38 bits per heavy atom. The summed E-state index contributed by atoms with van der Waals surface area (Å²) in [6, 6.07) is 7.08. The summed E-state index contributed by atoms with van der Waals surface area (Å²) in [5.74, 6) is 0. The summed E-state index contributed by atoms with van der Waals surface area (Å²) in [5.41, 5.74) is 13.5. The van der Waals surface area contributed by atoms with Gasteiger partial charge in [-0.15, -0.1) is 0 Å². The summed E-state index contributed by atoms with van der Waals surface area (Å²) >= 11 is 0. The van der Waals surface area contributed by atoms with Crippen LogP contribution in [-0.4, -0.2) is 20.2 Å². The molecule has 0 saturated heterocycles. The topological polar surface area (TPSA) is 118 Å². The summed E-state index contributed by atoms with van der Waals surface area (Å²) < 4.78 is 0. The molecule has 0 aliphatic heterocycles. The van der Waals surface area contributed by atoms with E-state index in [0.29, 0.717) is 59.8 Å². The minimum absolute atomic E-state index is 0.495. The molecule has 0 bridgehead atoms. The fourth-order valence-corrected chi connectivity index (χ4v) is 3.47. The molecule has 2 aliphatic carbocycles. The fourth-order valence-electron chi connectivity index (χ4n) is 3.47. The Morgan fingerprint density at radius 1 is 0.708 bits per heavy atom. The van der Waals surface area contributed by atoms with Crippen LogP contribution >= 0.6 is 0 Å². The predicted octanol–water partition coefficient (Wildman–Crippen LogP) is 2.05. The first kappa shape index (κ1) is 15.4. The van der Waals surface area contributed by atoms with Crippen LogP contribution in [0.5, 0.6) is 0 Å². The van der Waals surface area contributed by atoms with Gasteiger partial charge in [0.05, 0.1) is 34.2 Å². The minimum Gasteiger partial charge on any atom is -0.397 e. The van der Waals surface area contributed by atoms with E-state index in [-0.39, 0.29) is 0 Å². The molecule has 2 fully saturated rings. The number of aromatic nitrogens is 2. The molecular formula is C18H22N4O2. The maximum absolute atomic E-state index is 10.6. The molecule has 2 heterocycles. The third-order valence-electron chi connectivity index (χ3n) is 5.36. The van der Waals surface area contributed by atoms with Gasteiger partial charge in [0.15, 0.2) is 0 Å². The first-order valence-corrected chi connectivity index (χ1v) is 8.40. The van der Waals surface area contributed by atoms with E-state index >= 15 is 0 Å². The zero-order chi connectivity index (χ0) is 16.9. The first-order chi connectivity index (χ1) is 11.4. The Hall–Kier alpha value is -2.18. The average molecular weight is 326 g/mol. The van der Waals surface area contributed by atoms with Crippen LogP contribution in [0.15, 0.2) is 24.3 Å². The molecule has 0 radical (unpaired) electrons. The van der Waals surface area contributed by atoms with Gasteiger partial charge in [-0.25, -0.2) is 9.97 Å². The third kappa shape index (κ3) is 2.25. The number of anilines is 2. The highest BCUT2D eigenvalue weighted by molar-refractivity contribution is 5.62. The maximum atomic E-state index is 10.6. The minimum atomic E-state index is -0.928. The molecule has 6 heteroatoms. The standard InChI is InChI=1S/C18H22N4O2/c19-11-3-5-13(21-15(11)17(23)7-1-8-17)14-6-4-12(20)16(22-14)18(24)9-2-10-18/h3-6,23-24H,1-2,7-10,19-20H2. The van der Waals surface area contributed by atoms with Crippen LogP contribution in [0, 0.1) is 0 Å². The van der Waals surface area contributed by atoms with Gasteiger partial charge in [-0.2, -0.15) is 0 Å². The van der Waals surface area contributed by atoms with Crippen molar-refractivity contribution < 1.29 is 10.2 Å². The lowest BCUT2D eigenvalue weighted by atomic mass is 9.76. The van der Waals surface area contributed by atoms with Crippen molar-refractivity contribution in [3.63, 3.8) is 0 Å². The quantitative estimate of drug-likeness (QED) is 0.685. The van der Waals surface area contributed by atoms with Crippen molar-refractivity contribution in [2.24, 2.45) is 0 Å². The Labute approximate surface area is 140 Å². The third-order valence-corrected chi connectivity index (χ3v) is 5.36. The zero-order valence-corrected chi connectivity index (χ0v) is 13.5. The molecule has 6 N–H and O–H groups in total. The molecule has 24 heavy (non-hydrogen) atoms. The van der Waals surface area contributed by atoms with E-state index in [0.717, 1.165) is 12.8 Å². The molecule has 2 aromatic rings. The molecule has 2 aromatic heterocycles. The van der Waals surface area contributed by atoms with Gasteiger partial charge in [0, 0.05) is 0 Å². The molecule has 0 atom stereocenters. The monoisotopic (exact) mass is 326 g/mol. The van der Waals surface area contributed by atoms with Crippen molar-refractivity contribution in [1.82, 2.24) is 9.97 Å². The van der Waals surface area contributed by atoms with Crippen LogP contribution in [-0.2, 0) is 11.2 Å². The van der Waals surface area contributed by atoms with Crippen LogP contribution in [0.4, 0.5) is 11.4 Å². The van der Waals surface area contributed by atoms with Gasteiger partial charge in [0.25, 0.3) is 0 Å². The lowest BCUT2D eigenvalue weighted by Crippen LogP contribution is -2.36. The van der Waals surface area contributed by atoms with E-state index in [1.54, 1.807) is 24.3 Å². The SMILES string of the molecule is Nc1ccc(-c2ccc(N)c(C3(O)CCC3)n2)nc1C1(O)CCC1. The van der Waals surface area contributed by atoms with Crippen molar-refractivity contribution >= 4 is 11.4 Å². The average Bonchev–Trinajstić information content (AvgIpc) is 2.51. The number of hydrogen-bond acceptors (Lipinski definition) is 6. The highest BCUT2D eigenvalue weighted by atomic mass is 16.3. The number of aliphatic hydroxyl groups is 2. The highest BCUT2D eigenvalue weighted by Gasteiger charge is 2.40. The highest BCUT2D eigenvalue weighted by Crippen LogP contribution is 2.44. The number of rotatable bonds is 3. The molecular weight excluding hydrogens is 304 g/mol. The maximum Gasteiger partial charge on any atom is 0.109 e. The number of nitrogen functional groups attached to an aromatic ring is 2. The summed E-state index contributed by atoms with van der Waals surface area (Å²) in [4.78, 5) is 9.15. The van der Waals surface area contributed by atoms with Crippen molar-refractivity contribution in [3.8, 4) is 11.4 Å². The van der Waals surface area contributed by atoms with Gasteiger partial charge in [0.1, 0.15) is 11.2 Å². The van der Waals surface area contributed by atoms with Crippen LogP contribution in [0.25, 0.3) is 11.4 Å². The molecule has 0 aromatic carbocycles. The van der Waals surface area contributed by atoms with E-state index in [1.165, 1.54) is 0 Å². The van der Waals surface area contributed by atoms with Gasteiger partial charge < -0.3 is 21.7 Å². The summed E-state index contributed by atoms with van der Waals surface area (Å²) in [5, 5.41) is 21.2. The molecule has 2 aliphatic rings. The van der Waals surface area contributed by atoms with Crippen LogP contribution in [0.3, 0.4) is 0 Å². The van der Waals surface area contributed by atoms with Crippen LogP contribution < -0.4 is 11.5 Å². The van der Waals surface area contributed by atoms with Gasteiger partial charge in [0.2, 0.25) is 0 Å². The Kier molecular flexibility index (Phi) is 3.30. The summed E-state index contributed by atoms with van der Waals surface area (Å²) in [6.07, 6.45) is 4.64. The van der Waals surface area contributed by atoms with E-state index in [9.17, 15) is 10.2 Å². The van der Waals surface area contributed by atoms with Gasteiger partial charge in [-0.3, -0.25) is 0 Å². The zero-order valence-electron chi connectivity index (χ0n) is 13.5. The lowest BCUT2D eigenvalue weighted by Gasteiger charge is -2.37. The van der Waals surface area contributed by atoms with Gasteiger partial charge in [-0.1, -0.05) is 0 Å². The predicted molar refractivity (Wildman–Crippen MR) is 91.8 cm³/mol. The molecule has 6 nitrogen and oxygen atoms in total. The number of pyridine rings is 2. The Bertz CT molecular complexity index is 730. The van der Waals surface area contributed by atoms with E-state index in [4.69, 9.17) is 11.5 Å². The smallest absolute Gasteiger partial charge is 0.109 e. The Balaban J connectivity index is 1.77.